The number of likely N-dealkylation sites (N-methyl/N-ethyl adjacent to an activating group) is 1. The van der Waals surface area contributed by atoms with Crippen molar-refractivity contribution in [2.45, 2.75) is 26.8 Å². The van der Waals surface area contributed by atoms with Crippen LogP contribution in [0.1, 0.15) is 19.7 Å². The lowest BCUT2D eigenvalue weighted by molar-refractivity contribution is 0.281. The van der Waals surface area contributed by atoms with Crippen LogP contribution < -0.4 is 10.1 Å². The van der Waals surface area contributed by atoms with Gasteiger partial charge in [0.05, 0.1) is 13.1 Å². The largest absolute Gasteiger partial charge is 0.492 e. The van der Waals surface area contributed by atoms with Gasteiger partial charge in [0.2, 0.25) is 0 Å². The molecule has 0 fully saturated rings. The summed E-state index contributed by atoms with van der Waals surface area (Å²) in [5.74, 6) is 2.59. The number of nitrogens with zero attached hydrogens (tertiary/aromatic N) is 5. The third-order valence-electron chi connectivity index (χ3n) is 4.02. The Morgan fingerprint density at radius 3 is 2.72 bits per heavy atom. The molecule has 0 aliphatic rings. The molecule has 160 valence electrons. The molecule has 1 aromatic heterocycles. The molecule has 9 heteroatoms. The van der Waals surface area contributed by atoms with E-state index in [1.54, 1.807) is 6.33 Å². The van der Waals surface area contributed by atoms with Gasteiger partial charge in [-0.05, 0) is 31.2 Å². The summed E-state index contributed by atoms with van der Waals surface area (Å²) in [6.45, 7) is 11.3. The van der Waals surface area contributed by atoms with Gasteiger partial charge in [0.15, 0.2) is 5.96 Å². The van der Waals surface area contributed by atoms with Crippen molar-refractivity contribution in [3.8, 4) is 5.75 Å². The lowest BCUT2D eigenvalue weighted by Gasteiger charge is -2.23. The second-order valence-electron chi connectivity index (χ2n) is 6.54. The highest BCUT2D eigenvalue weighted by molar-refractivity contribution is 14.0. The fraction of sp³-hybridized carbons (Fsp3) is 0.450. The smallest absolute Gasteiger partial charge is 0.194 e. The Morgan fingerprint density at radius 2 is 2.07 bits per heavy atom. The summed E-state index contributed by atoms with van der Waals surface area (Å²) in [7, 11) is 1.99. The van der Waals surface area contributed by atoms with Crippen molar-refractivity contribution in [2.75, 3.05) is 33.3 Å². The second kappa shape index (κ2) is 13.4. The summed E-state index contributed by atoms with van der Waals surface area (Å²) < 4.78 is 7.83. The van der Waals surface area contributed by atoms with Gasteiger partial charge in [-0.25, -0.2) is 4.99 Å². The van der Waals surface area contributed by atoms with Crippen molar-refractivity contribution < 1.29 is 4.74 Å². The minimum absolute atomic E-state index is 0. The molecule has 1 N–H and O–H groups in total. The Hall–Kier alpha value is -1.81. The number of aliphatic imine (C=N–C) groups is 1. The van der Waals surface area contributed by atoms with Crippen LogP contribution in [0.5, 0.6) is 5.75 Å². The first-order valence-corrected chi connectivity index (χ1v) is 9.76. The normalized spacial score (nSPS) is 11.0. The number of nitrogens with one attached hydrogen (secondary N) is 1. The fourth-order valence-corrected chi connectivity index (χ4v) is 2.61. The second-order valence-corrected chi connectivity index (χ2v) is 6.98. The molecule has 0 atom stereocenters. The van der Waals surface area contributed by atoms with Crippen LogP contribution in [0, 0.1) is 0 Å². The molecule has 1 aromatic carbocycles. The quantitative estimate of drug-likeness (QED) is 0.219. The van der Waals surface area contributed by atoms with Gasteiger partial charge in [0.1, 0.15) is 24.5 Å². The number of guanidine groups is 1. The van der Waals surface area contributed by atoms with Gasteiger partial charge in [0.25, 0.3) is 0 Å². The van der Waals surface area contributed by atoms with Crippen LogP contribution in [0.4, 0.5) is 0 Å². The molecule has 0 saturated heterocycles. The van der Waals surface area contributed by atoms with E-state index in [0.717, 1.165) is 42.6 Å². The van der Waals surface area contributed by atoms with Gasteiger partial charge in [-0.15, -0.1) is 34.2 Å². The molecule has 0 aliphatic carbocycles. The highest BCUT2D eigenvalue weighted by atomic mass is 127. The first-order valence-electron chi connectivity index (χ1n) is 9.38. The third-order valence-corrected chi connectivity index (χ3v) is 4.27. The van der Waals surface area contributed by atoms with Crippen molar-refractivity contribution in [1.82, 2.24) is 25.0 Å². The highest BCUT2D eigenvalue weighted by Crippen LogP contribution is 2.15. The van der Waals surface area contributed by atoms with Crippen LogP contribution in [-0.2, 0) is 13.0 Å². The van der Waals surface area contributed by atoms with E-state index in [1.165, 1.54) is 0 Å². The molecule has 0 amide bonds. The first kappa shape index (κ1) is 25.2. The van der Waals surface area contributed by atoms with Gasteiger partial charge < -0.3 is 19.5 Å². The number of ether oxygens (including phenoxy) is 1. The molecule has 2 rings (SSSR count). The molecule has 0 radical (unpaired) electrons. The average molecular weight is 533 g/mol. The first-order chi connectivity index (χ1) is 13.5. The average Bonchev–Trinajstić information content (AvgIpc) is 3.13. The van der Waals surface area contributed by atoms with E-state index in [-0.39, 0.29) is 24.0 Å². The molecule has 7 nitrogen and oxygen atoms in total. The molecule has 0 aliphatic heterocycles. The molecular weight excluding hydrogens is 503 g/mol. The van der Waals surface area contributed by atoms with E-state index in [4.69, 9.17) is 16.3 Å². The predicted molar refractivity (Wildman–Crippen MR) is 130 cm³/mol. The number of rotatable bonds is 10. The zero-order valence-corrected chi connectivity index (χ0v) is 20.4. The maximum Gasteiger partial charge on any atom is 0.194 e. The van der Waals surface area contributed by atoms with Crippen molar-refractivity contribution in [1.29, 1.82) is 0 Å². The van der Waals surface area contributed by atoms with Crippen molar-refractivity contribution in [3.05, 3.63) is 53.6 Å². The van der Waals surface area contributed by atoms with Crippen LogP contribution in [0.2, 0.25) is 5.02 Å². The van der Waals surface area contributed by atoms with Crippen LogP contribution in [0.3, 0.4) is 0 Å². The maximum atomic E-state index is 5.90. The summed E-state index contributed by atoms with van der Waals surface area (Å²) in [6.07, 6.45) is 2.62. The molecule has 0 saturated carbocycles. The summed E-state index contributed by atoms with van der Waals surface area (Å²) >= 11 is 5.90. The summed E-state index contributed by atoms with van der Waals surface area (Å²) in [6, 6.07) is 7.36. The molecule has 1 heterocycles. The van der Waals surface area contributed by atoms with Crippen LogP contribution in [0.25, 0.3) is 0 Å². The van der Waals surface area contributed by atoms with E-state index >= 15 is 0 Å². The standard InChI is InChI=1S/C20H29ClN6O.HI/c1-5-19-25-24-15-27(19)11-10-22-20(23-14-16(2)3)26(4)12-13-28-18-8-6-17(21)7-9-18;/h6-9,15H,2,5,10-14H2,1,3-4H3,(H,22,23);1H. The topological polar surface area (TPSA) is 67.6 Å². The lowest BCUT2D eigenvalue weighted by atomic mass is 10.3. The monoisotopic (exact) mass is 532 g/mol. The number of halogens is 2. The van der Waals surface area contributed by atoms with Crippen LogP contribution in [-0.4, -0.2) is 58.9 Å². The van der Waals surface area contributed by atoms with Crippen molar-refractivity contribution in [3.63, 3.8) is 0 Å². The van der Waals surface area contributed by atoms with Crippen LogP contribution in [0.15, 0.2) is 47.7 Å². The Kier molecular flexibility index (Phi) is 11.7. The van der Waals surface area contributed by atoms with Gasteiger partial charge in [-0.2, -0.15) is 0 Å². The molecular formula is C20H30ClIN6O. The number of aromatic nitrogens is 3. The highest BCUT2D eigenvalue weighted by Gasteiger charge is 2.08. The Labute approximate surface area is 195 Å². The third kappa shape index (κ3) is 9.03. The Bertz CT molecular complexity index is 778. The van der Waals surface area contributed by atoms with Crippen LogP contribution >= 0.6 is 35.6 Å². The molecule has 0 spiro atoms. The summed E-state index contributed by atoms with van der Waals surface area (Å²) in [4.78, 5) is 6.69. The Morgan fingerprint density at radius 1 is 1.34 bits per heavy atom. The molecule has 0 bridgehead atoms. The number of hydrogen-bond donors (Lipinski definition) is 1. The van der Waals surface area contributed by atoms with E-state index in [0.29, 0.717) is 24.7 Å². The van der Waals surface area contributed by atoms with E-state index in [2.05, 4.69) is 34.0 Å². The van der Waals surface area contributed by atoms with E-state index < -0.39 is 0 Å². The van der Waals surface area contributed by atoms with Gasteiger partial charge in [-0.3, -0.25) is 0 Å². The molecule has 29 heavy (non-hydrogen) atoms. The molecule has 0 unspecified atom stereocenters. The zero-order valence-electron chi connectivity index (χ0n) is 17.3. The van der Waals surface area contributed by atoms with Crippen molar-refractivity contribution in [2.24, 2.45) is 4.99 Å². The summed E-state index contributed by atoms with van der Waals surface area (Å²) in [5, 5.41) is 12.2. The lowest BCUT2D eigenvalue weighted by Crippen LogP contribution is -2.42. The zero-order chi connectivity index (χ0) is 20.4. The van der Waals surface area contributed by atoms with E-state index in [9.17, 15) is 0 Å². The van der Waals surface area contributed by atoms with Gasteiger partial charge in [0, 0.05) is 31.6 Å². The van der Waals surface area contributed by atoms with Gasteiger partial charge >= 0.3 is 0 Å². The SMILES string of the molecule is C=C(C)CN=C(NCCn1cnnc1CC)N(C)CCOc1ccc(Cl)cc1.I. The minimum Gasteiger partial charge on any atom is -0.492 e. The van der Waals surface area contributed by atoms with Gasteiger partial charge in [-0.1, -0.05) is 30.7 Å². The Balaban J connectivity index is 0.00000420. The predicted octanol–water partition coefficient (Wildman–Crippen LogP) is 3.64. The maximum absolute atomic E-state index is 5.90. The minimum atomic E-state index is 0. The number of aryl methyl sites for hydroxylation is 1. The molecule has 2 aromatic rings. The number of benzene rings is 1. The summed E-state index contributed by atoms with van der Waals surface area (Å²) in [5.41, 5.74) is 1.01. The van der Waals surface area contributed by atoms with E-state index in [1.807, 2.05) is 47.7 Å². The fourth-order valence-electron chi connectivity index (χ4n) is 2.49. The number of hydrogen-bond acceptors (Lipinski definition) is 4. The van der Waals surface area contributed by atoms with Crippen molar-refractivity contribution >= 4 is 41.5 Å².